The third-order valence-corrected chi connectivity index (χ3v) is 8.95. The second-order valence-corrected chi connectivity index (χ2v) is 9.77. The van der Waals surface area contributed by atoms with Gasteiger partial charge in [0.2, 0.25) is 0 Å². The molecule has 0 bridgehead atoms. The fraction of sp³-hybridized carbons (Fsp3) is 1.00. The van der Waals surface area contributed by atoms with Crippen molar-refractivity contribution in [3.05, 3.63) is 0 Å². The molecule has 2 heteroatoms. The number of rotatable bonds is 0. The molecule has 0 amide bonds. The molecule has 126 valence electrons. The van der Waals surface area contributed by atoms with Crippen molar-refractivity contribution in [2.75, 3.05) is 0 Å². The van der Waals surface area contributed by atoms with E-state index in [0.29, 0.717) is 5.41 Å². The van der Waals surface area contributed by atoms with Crippen LogP contribution in [0.2, 0.25) is 0 Å². The highest BCUT2D eigenvalue weighted by Gasteiger charge is 2.61. The van der Waals surface area contributed by atoms with E-state index in [9.17, 15) is 10.2 Å². The van der Waals surface area contributed by atoms with Crippen molar-refractivity contribution >= 4 is 0 Å². The molecule has 4 rings (SSSR count). The summed E-state index contributed by atoms with van der Waals surface area (Å²) < 4.78 is 0. The summed E-state index contributed by atoms with van der Waals surface area (Å²) >= 11 is 0. The molecule has 0 saturated heterocycles. The first-order valence-electron chi connectivity index (χ1n) is 9.72. The van der Waals surface area contributed by atoms with E-state index in [1.165, 1.54) is 32.1 Å². The molecule has 4 fully saturated rings. The van der Waals surface area contributed by atoms with Crippen molar-refractivity contribution in [3.8, 4) is 0 Å². The van der Waals surface area contributed by atoms with Crippen LogP contribution in [-0.2, 0) is 0 Å². The molecule has 0 heterocycles. The maximum absolute atomic E-state index is 10.6. The normalized spacial score (nSPS) is 61.2. The summed E-state index contributed by atoms with van der Waals surface area (Å²) in [7, 11) is 0. The molecule has 4 aliphatic carbocycles. The van der Waals surface area contributed by atoms with Crippen LogP contribution in [0.5, 0.6) is 0 Å². The van der Waals surface area contributed by atoms with Gasteiger partial charge in [-0.15, -0.1) is 0 Å². The Hall–Kier alpha value is -0.0800. The first-order chi connectivity index (χ1) is 10.4. The van der Waals surface area contributed by atoms with Gasteiger partial charge in [-0.3, -0.25) is 0 Å². The maximum Gasteiger partial charge on any atom is 0.0596 e. The molecule has 0 aliphatic heterocycles. The van der Waals surface area contributed by atoms with E-state index in [4.69, 9.17) is 0 Å². The van der Waals surface area contributed by atoms with Gasteiger partial charge < -0.3 is 10.2 Å². The van der Waals surface area contributed by atoms with Crippen LogP contribution in [-0.4, -0.2) is 22.4 Å². The first-order valence-corrected chi connectivity index (χ1v) is 9.72. The van der Waals surface area contributed by atoms with Crippen molar-refractivity contribution in [2.45, 2.75) is 84.3 Å². The minimum absolute atomic E-state index is 0.0519. The summed E-state index contributed by atoms with van der Waals surface area (Å²) in [5, 5.41) is 20.7. The standard InChI is InChI=1S/C20H34O2/c1-12-10-13-11-14(21)6-8-19(13,2)16-7-9-20(3)15(18(12)16)4-5-17(20)22/h12-18,21-22H,4-11H2,1-3H3/t12-,13+,14+,15?,16?,17+,18?,19?,20?/m1/s1. The van der Waals surface area contributed by atoms with Gasteiger partial charge in [0.15, 0.2) is 0 Å². The van der Waals surface area contributed by atoms with Gasteiger partial charge >= 0.3 is 0 Å². The van der Waals surface area contributed by atoms with E-state index < -0.39 is 0 Å². The molecule has 0 radical (unpaired) electrons. The minimum atomic E-state index is -0.0654. The number of hydrogen-bond acceptors (Lipinski definition) is 2. The van der Waals surface area contributed by atoms with Crippen LogP contribution >= 0.6 is 0 Å². The molecular weight excluding hydrogens is 272 g/mol. The van der Waals surface area contributed by atoms with Crippen LogP contribution in [0.25, 0.3) is 0 Å². The van der Waals surface area contributed by atoms with Crippen LogP contribution in [0.15, 0.2) is 0 Å². The van der Waals surface area contributed by atoms with Gasteiger partial charge in [-0.1, -0.05) is 20.8 Å². The quantitative estimate of drug-likeness (QED) is 0.710. The van der Waals surface area contributed by atoms with E-state index in [0.717, 1.165) is 48.9 Å². The lowest BCUT2D eigenvalue weighted by Gasteiger charge is -2.62. The molecule has 4 saturated carbocycles. The molecule has 0 aromatic rings. The summed E-state index contributed by atoms with van der Waals surface area (Å²) in [5.74, 6) is 3.87. The predicted octanol–water partition coefficient (Wildman–Crippen LogP) is 4.00. The topological polar surface area (TPSA) is 40.5 Å². The zero-order chi connectivity index (χ0) is 15.7. The minimum Gasteiger partial charge on any atom is -0.393 e. The Morgan fingerprint density at radius 2 is 1.50 bits per heavy atom. The zero-order valence-electron chi connectivity index (χ0n) is 14.6. The van der Waals surface area contributed by atoms with E-state index in [1.807, 2.05) is 0 Å². The number of fused-ring (bicyclic) bond motifs is 5. The van der Waals surface area contributed by atoms with Gasteiger partial charge in [-0.05, 0) is 91.8 Å². The monoisotopic (exact) mass is 306 g/mol. The summed E-state index contributed by atoms with van der Waals surface area (Å²) in [4.78, 5) is 0. The van der Waals surface area contributed by atoms with E-state index in [2.05, 4.69) is 20.8 Å². The van der Waals surface area contributed by atoms with Crippen LogP contribution in [0.1, 0.15) is 72.1 Å². The van der Waals surface area contributed by atoms with Crippen molar-refractivity contribution in [2.24, 2.45) is 40.4 Å². The summed E-state index contributed by atoms with van der Waals surface area (Å²) in [5.41, 5.74) is 0.637. The molecule has 2 nitrogen and oxygen atoms in total. The lowest BCUT2D eigenvalue weighted by molar-refractivity contribution is -0.153. The lowest BCUT2D eigenvalue weighted by Crippen LogP contribution is -2.56. The van der Waals surface area contributed by atoms with E-state index in [1.54, 1.807) is 0 Å². The Morgan fingerprint density at radius 1 is 0.818 bits per heavy atom. The largest absolute Gasteiger partial charge is 0.393 e. The molecule has 5 unspecified atom stereocenters. The van der Waals surface area contributed by atoms with Crippen molar-refractivity contribution in [1.82, 2.24) is 0 Å². The molecule has 9 atom stereocenters. The zero-order valence-corrected chi connectivity index (χ0v) is 14.6. The number of aliphatic hydroxyl groups excluding tert-OH is 2. The van der Waals surface area contributed by atoms with Crippen LogP contribution in [0.3, 0.4) is 0 Å². The Kier molecular flexibility index (Phi) is 3.48. The molecule has 2 N–H and O–H groups in total. The van der Waals surface area contributed by atoms with Gasteiger partial charge in [0, 0.05) is 0 Å². The van der Waals surface area contributed by atoms with Gasteiger partial charge in [0.05, 0.1) is 12.2 Å². The molecule has 0 spiro atoms. The van der Waals surface area contributed by atoms with Gasteiger partial charge in [0.25, 0.3) is 0 Å². The fourth-order valence-corrected chi connectivity index (χ4v) is 7.59. The Balaban J connectivity index is 1.67. The average Bonchev–Trinajstić information content (AvgIpc) is 2.77. The Morgan fingerprint density at radius 3 is 2.27 bits per heavy atom. The smallest absolute Gasteiger partial charge is 0.0596 e. The van der Waals surface area contributed by atoms with Crippen LogP contribution in [0.4, 0.5) is 0 Å². The lowest BCUT2D eigenvalue weighted by atomic mass is 9.43. The maximum atomic E-state index is 10.6. The highest BCUT2D eigenvalue weighted by atomic mass is 16.3. The third kappa shape index (κ3) is 1.92. The molecule has 4 aliphatic rings. The Labute approximate surface area is 135 Å². The second kappa shape index (κ2) is 4.96. The molecule has 0 aromatic heterocycles. The fourth-order valence-electron chi connectivity index (χ4n) is 7.59. The highest BCUT2D eigenvalue weighted by Crippen LogP contribution is 2.67. The van der Waals surface area contributed by atoms with Crippen molar-refractivity contribution in [1.29, 1.82) is 0 Å². The SMILES string of the molecule is C[C@@H]1C[C@H]2C[C@@H](O)CCC2(C)C2CCC3(C)C(CC[C@@H]3O)C21. The van der Waals surface area contributed by atoms with E-state index >= 15 is 0 Å². The third-order valence-electron chi connectivity index (χ3n) is 8.95. The van der Waals surface area contributed by atoms with E-state index in [-0.39, 0.29) is 17.6 Å². The van der Waals surface area contributed by atoms with Crippen molar-refractivity contribution < 1.29 is 10.2 Å². The number of aliphatic hydroxyl groups is 2. The van der Waals surface area contributed by atoms with Gasteiger partial charge in [-0.25, -0.2) is 0 Å². The van der Waals surface area contributed by atoms with Gasteiger partial charge in [0.1, 0.15) is 0 Å². The summed E-state index contributed by atoms with van der Waals surface area (Å²) in [6, 6.07) is 0. The summed E-state index contributed by atoms with van der Waals surface area (Å²) in [6.45, 7) is 7.38. The predicted molar refractivity (Wildman–Crippen MR) is 88.3 cm³/mol. The molecule has 0 aromatic carbocycles. The molecular formula is C20H34O2. The van der Waals surface area contributed by atoms with Crippen LogP contribution in [0, 0.1) is 40.4 Å². The van der Waals surface area contributed by atoms with Crippen molar-refractivity contribution in [3.63, 3.8) is 0 Å². The van der Waals surface area contributed by atoms with Gasteiger partial charge in [-0.2, -0.15) is 0 Å². The highest BCUT2D eigenvalue weighted by molar-refractivity contribution is 5.10. The second-order valence-electron chi connectivity index (χ2n) is 9.77. The average molecular weight is 306 g/mol. The molecule has 22 heavy (non-hydrogen) atoms. The number of hydrogen-bond donors (Lipinski definition) is 2. The Bertz CT molecular complexity index is 449. The first kappa shape index (κ1) is 15.4. The summed E-state index contributed by atoms with van der Waals surface area (Å²) in [6.07, 6.45) is 9.25. The van der Waals surface area contributed by atoms with Crippen LogP contribution < -0.4 is 0 Å².